The molecule has 0 aliphatic heterocycles. The number of carbonyl (C=O) groups is 1. The summed E-state index contributed by atoms with van der Waals surface area (Å²) in [7, 11) is 0. The summed E-state index contributed by atoms with van der Waals surface area (Å²) in [6.07, 6.45) is 4.92. The van der Waals surface area contributed by atoms with Crippen molar-refractivity contribution >= 4 is 34.5 Å². The highest BCUT2D eigenvalue weighted by molar-refractivity contribution is 6.28. The fourth-order valence-electron chi connectivity index (χ4n) is 2.97. The van der Waals surface area contributed by atoms with Crippen LogP contribution in [0.1, 0.15) is 46.5 Å². The molecule has 0 aromatic carbocycles. The van der Waals surface area contributed by atoms with Gasteiger partial charge in [-0.05, 0) is 58.1 Å². The number of ether oxygens (including phenoxy) is 1. The zero-order valence-electron chi connectivity index (χ0n) is 14.6. The van der Waals surface area contributed by atoms with E-state index in [2.05, 4.69) is 30.8 Å². The van der Waals surface area contributed by atoms with E-state index in [1.54, 1.807) is 6.20 Å². The molecule has 0 radical (unpaired) electrons. The SMILES string of the molecule is CC(C)(C)OC(=O)N[C@H]1CC[C@@H](Nc2nc(Cl)nc3[nH]ncc23)CC1. The van der Waals surface area contributed by atoms with Crippen LogP contribution in [0.3, 0.4) is 0 Å². The van der Waals surface area contributed by atoms with E-state index in [0.29, 0.717) is 11.5 Å². The monoisotopic (exact) mass is 366 g/mol. The molecule has 0 spiro atoms. The largest absolute Gasteiger partial charge is 0.444 e. The summed E-state index contributed by atoms with van der Waals surface area (Å²) in [5.74, 6) is 0.687. The van der Waals surface area contributed by atoms with Crippen molar-refractivity contribution in [3.63, 3.8) is 0 Å². The molecule has 1 amide bonds. The molecule has 25 heavy (non-hydrogen) atoms. The van der Waals surface area contributed by atoms with Crippen molar-refractivity contribution in [3.8, 4) is 0 Å². The molecule has 8 nitrogen and oxygen atoms in total. The van der Waals surface area contributed by atoms with E-state index >= 15 is 0 Å². The predicted octanol–water partition coefficient (Wildman–Crippen LogP) is 3.25. The fraction of sp³-hybridized carbons (Fsp3) is 0.625. The van der Waals surface area contributed by atoms with Crippen LogP contribution < -0.4 is 10.6 Å². The van der Waals surface area contributed by atoms with Gasteiger partial charge in [0.2, 0.25) is 5.28 Å². The standard InChI is InChI=1S/C16H23ClN6O2/c1-16(2,3)25-15(24)20-10-6-4-9(5-7-10)19-12-11-8-18-23-13(11)22-14(17)21-12/h8-10H,4-7H2,1-3H3,(H,20,24)(H2,18,19,21,22,23)/t9-,10+. The first-order valence-corrected chi connectivity index (χ1v) is 8.80. The Hall–Kier alpha value is -2.09. The number of hydrogen-bond donors (Lipinski definition) is 3. The number of aromatic nitrogens is 4. The van der Waals surface area contributed by atoms with Gasteiger partial charge in [0.15, 0.2) is 5.65 Å². The van der Waals surface area contributed by atoms with Crippen LogP contribution in [-0.2, 0) is 4.74 Å². The Balaban J connectivity index is 1.54. The quantitative estimate of drug-likeness (QED) is 0.720. The first-order valence-electron chi connectivity index (χ1n) is 8.43. The summed E-state index contributed by atoms with van der Waals surface area (Å²) < 4.78 is 5.31. The molecule has 3 N–H and O–H groups in total. The number of rotatable bonds is 3. The highest BCUT2D eigenvalue weighted by atomic mass is 35.5. The molecule has 136 valence electrons. The lowest BCUT2D eigenvalue weighted by molar-refractivity contribution is 0.0492. The van der Waals surface area contributed by atoms with Gasteiger partial charge in [0, 0.05) is 12.1 Å². The van der Waals surface area contributed by atoms with E-state index in [1.807, 2.05) is 20.8 Å². The first kappa shape index (κ1) is 17.7. The van der Waals surface area contributed by atoms with Crippen LogP contribution in [0, 0.1) is 0 Å². The lowest BCUT2D eigenvalue weighted by Crippen LogP contribution is -2.42. The van der Waals surface area contributed by atoms with E-state index in [9.17, 15) is 4.79 Å². The fourth-order valence-corrected chi connectivity index (χ4v) is 3.14. The van der Waals surface area contributed by atoms with E-state index in [1.165, 1.54) is 0 Å². The lowest BCUT2D eigenvalue weighted by atomic mass is 9.91. The number of carbonyl (C=O) groups excluding carboxylic acids is 1. The third-order valence-corrected chi connectivity index (χ3v) is 4.24. The maximum Gasteiger partial charge on any atom is 0.407 e. The number of amides is 1. The minimum Gasteiger partial charge on any atom is -0.444 e. The van der Waals surface area contributed by atoms with Crippen molar-refractivity contribution < 1.29 is 9.53 Å². The molecule has 0 saturated heterocycles. The molecule has 1 aliphatic rings. The van der Waals surface area contributed by atoms with Crippen molar-refractivity contribution in [2.45, 2.75) is 64.1 Å². The van der Waals surface area contributed by atoms with Gasteiger partial charge in [0.25, 0.3) is 0 Å². The van der Waals surface area contributed by atoms with Gasteiger partial charge in [0.1, 0.15) is 11.4 Å². The molecule has 0 atom stereocenters. The summed E-state index contributed by atoms with van der Waals surface area (Å²) in [5.41, 5.74) is 0.133. The molecule has 2 aromatic heterocycles. The Morgan fingerprint density at radius 1 is 1.24 bits per heavy atom. The Kier molecular flexibility index (Phi) is 4.99. The first-order chi connectivity index (χ1) is 11.8. The van der Waals surface area contributed by atoms with Gasteiger partial charge in [-0.15, -0.1) is 0 Å². The Morgan fingerprint density at radius 3 is 2.60 bits per heavy atom. The second-order valence-corrected chi connectivity index (χ2v) is 7.65. The van der Waals surface area contributed by atoms with Gasteiger partial charge >= 0.3 is 6.09 Å². The van der Waals surface area contributed by atoms with Gasteiger partial charge < -0.3 is 15.4 Å². The number of nitrogens with one attached hydrogen (secondary N) is 3. The number of hydrogen-bond acceptors (Lipinski definition) is 6. The van der Waals surface area contributed by atoms with Crippen LogP contribution in [0.2, 0.25) is 5.28 Å². The van der Waals surface area contributed by atoms with Gasteiger partial charge in [-0.3, -0.25) is 5.10 Å². The topological polar surface area (TPSA) is 105 Å². The van der Waals surface area contributed by atoms with Crippen molar-refractivity contribution in [2.24, 2.45) is 0 Å². The maximum absolute atomic E-state index is 11.9. The molecule has 3 rings (SSSR count). The summed E-state index contributed by atoms with van der Waals surface area (Å²) in [5, 5.41) is 14.1. The maximum atomic E-state index is 11.9. The number of alkyl carbamates (subject to hydrolysis) is 1. The molecule has 1 fully saturated rings. The average molecular weight is 367 g/mol. The van der Waals surface area contributed by atoms with Crippen molar-refractivity contribution in [2.75, 3.05) is 5.32 Å². The molecule has 1 aliphatic carbocycles. The van der Waals surface area contributed by atoms with Crippen molar-refractivity contribution in [3.05, 3.63) is 11.5 Å². The molecule has 1 saturated carbocycles. The Bertz CT molecular complexity index is 749. The van der Waals surface area contributed by atoms with E-state index in [-0.39, 0.29) is 23.5 Å². The molecule has 2 heterocycles. The molecule has 9 heteroatoms. The minimum absolute atomic E-state index is 0.135. The van der Waals surface area contributed by atoms with Crippen LogP contribution in [0.4, 0.5) is 10.6 Å². The molecule has 0 bridgehead atoms. The molecular weight excluding hydrogens is 344 g/mol. The molecule has 0 unspecified atom stereocenters. The summed E-state index contributed by atoms with van der Waals surface area (Å²) in [6, 6.07) is 0.400. The number of H-pyrrole nitrogens is 1. The minimum atomic E-state index is -0.481. The van der Waals surface area contributed by atoms with Crippen LogP contribution in [0.15, 0.2) is 6.20 Å². The Labute approximate surface area is 151 Å². The van der Waals surface area contributed by atoms with Gasteiger partial charge in [-0.25, -0.2) is 4.79 Å². The molecular formula is C16H23ClN6O2. The normalized spacial score (nSPS) is 21.1. The lowest BCUT2D eigenvalue weighted by Gasteiger charge is -2.30. The third kappa shape index (κ3) is 4.72. The number of nitrogens with zero attached hydrogens (tertiary/aromatic N) is 3. The van der Waals surface area contributed by atoms with E-state index < -0.39 is 5.60 Å². The summed E-state index contributed by atoms with van der Waals surface area (Å²) >= 11 is 5.96. The van der Waals surface area contributed by atoms with Crippen molar-refractivity contribution in [1.29, 1.82) is 0 Å². The average Bonchev–Trinajstić information content (AvgIpc) is 2.95. The zero-order valence-corrected chi connectivity index (χ0v) is 15.4. The smallest absolute Gasteiger partial charge is 0.407 e. The van der Waals surface area contributed by atoms with Crippen molar-refractivity contribution in [1.82, 2.24) is 25.5 Å². The van der Waals surface area contributed by atoms with Gasteiger partial charge in [-0.2, -0.15) is 15.1 Å². The summed E-state index contributed by atoms with van der Waals surface area (Å²) in [6.45, 7) is 5.57. The number of fused-ring (bicyclic) bond motifs is 1. The zero-order chi connectivity index (χ0) is 18.0. The van der Waals surface area contributed by atoms with Crippen LogP contribution >= 0.6 is 11.6 Å². The van der Waals surface area contributed by atoms with Crippen LogP contribution in [0.25, 0.3) is 11.0 Å². The molecule has 2 aromatic rings. The second kappa shape index (κ2) is 7.03. The van der Waals surface area contributed by atoms with Crippen LogP contribution in [-0.4, -0.2) is 43.9 Å². The van der Waals surface area contributed by atoms with Gasteiger partial charge in [-0.1, -0.05) is 0 Å². The summed E-state index contributed by atoms with van der Waals surface area (Å²) in [4.78, 5) is 20.2. The number of anilines is 1. The van der Waals surface area contributed by atoms with E-state index in [0.717, 1.165) is 31.1 Å². The number of aromatic amines is 1. The highest BCUT2D eigenvalue weighted by Crippen LogP contribution is 2.26. The van der Waals surface area contributed by atoms with Crippen LogP contribution in [0.5, 0.6) is 0 Å². The number of halogens is 1. The highest BCUT2D eigenvalue weighted by Gasteiger charge is 2.25. The van der Waals surface area contributed by atoms with Gasteiger partial charge in [0.05, 0.1) is 11.6 Å². The van der Waals surface area contributed by atoms with E-state index in [4.69, 9.17) is 16.3 Å². The Morgan fingerprint density at radius 2 is 1.92 bits per heavy atom. The second-order valence-electron chi connectivity index (χ2n) is 7.31. The predicted molar refractivity (Wildman–Crippen MR) is 95.7 cm³/mol. The third-order valence-electron chi connectivity index (χ3n) is 4.07.